The number of hydrogen-bond donors (Lipinski definition) is 1. The molecule has 198 valence electrons. The van der Waals surface area contributed by atoms with Crippen molar-refractivity contribution in [3.63, 3.8) is 0 Å². The molecule has 0 radical (unpaired) electrons. The van der Waals surface area contributed by atoms with E-state index in [1.807, 2.05) is 41.2 Å². The quantitative estimate of drug-likeness (QED) is 0.274. The van der Waals surface area contributed by atoms with Crippen LogP contribution in [-0.2, 0) is 22.7 Å². The van der Waals surface area contributed by atoms with Crippen LogP contribution in [0.25, 0.3) is 27.7 Å². The van der Waals surface area contributed by atoms with Gasteiger partial charge in [-0.2, -0.15) is 5.10 Å². The molecule has 0 unspecified atom stereocenters. The average Bonchev–Trinajstić information content (AvgIpc) is 3.49. The summed E-state index contributed by atoms with van der Waals surface area (Å²) in [6, 6.07) is 7.62. The van der Waals surface area contributed by atoms with Gasteiger partial charge in [0.25, 0.3) is 0 Å². The maximum absolute atomic E-state index is 15.7. The molecule has 0 aliphatic carbocycles. The van der Waals surface area contributed by atoms with E-state index in [-0.39, 0.29) is 12.5 Å². The van der Waals surface area contributed by atoms with E-state index in [1.165, 1.54) is 23.5 Å². The number of rotatable bonds is 8. The minimum atomic E-state index is -1.29. The molecule has 9 nitrogen and oxygen atoms in total. The number of likely N-dealkylation sites (N-methyl/N-ethyl adjacent to an activating group) is 1. The number of halogens is 2. The summed E-state index contributed by atoms with van der Waals surface area (Å²) in [6.45, 7) is 1.90. The Hall–Kier alpha value is -3.76. The van der Waals surface area contributed by atoms with Gasteiger partial charge in [-0.05, 0) is 55.8 Å². The second-order valence-corrected chi connectivity index (χ2v) is 10.2. The molecule has 0 saturated carbocycles. The molecule has 0 spiro atoms. The molecule has 2 amide bonds. The summed E-state index contributed by atoms with van der Waals surface area (Å²) in [6.07, 6.45) is 9.52. The topological polar surface area (TPSA) is 87.8 Å². The lowest BCUT2D eigenvalue weighted by Crippen LogP contribution is -2.41. The average molecular weight is 538 g/mol. The van der Waals surface area contributed by atoms with Crippen molar-refractivity contribution in [3.05, 3.63) is 65.8 Å². The van der Waals surface area contributed by atoms with E-state index in [0.717, 1.165) is 27.5 Å². The number of fused-ring (bicyclic) bond motifs is 2. The summed E-state index contributed by atoms with van der Waals surface area (Å²) < 4.78 is 19.3. The molecule has 1 aliphatic rings. The molecule has 11 heteroatoms. The fourth-order valence-electron chi connectivity index (χ4n) is 4.94. The molecule has 3 aromatic heterocycles. The Morgan fingerprint density at radius 3 is 2.82 bits per heavy atom. The van der Waals surface area contributed by atoms with Gasteiger partial charge in [0, 0.05) is 61.3 Å². The van der Waals surface area contributed by atoms with E-state index < -0.39 is 5.67 Å². The molecule has 4 aromatic rings. The molecule has 1 fully saturated rings. The zero-order valence-corrected chi connectivity index (χ0v) is 22.0. The molecule has 1 saturated heterocycles. The van der Waals surface area contributed by atoms with E-state index in [1.54, 1.807) is 23.5 Å². The lowest BCUT2D eigenvalue weighted by atomic mass is 9.94. The van der Waals surface area contributed by atoms with Crippen LogP contribution in [0.5, 0.6) is 0 Å². The Morgan fingerprint density at radius 1 is 1.26 bits per heavy atom. The standard InChI is InChI=1S/C27H29ClFN7O2/c1-33(18-37)9-4-24(38)34(2)14-19-11-23-25(31-17-32-36(23)15-19)22-13-21(28)12-20-3-10-35(26(20)22)16-27(29)5-7-30-8-6-27/h3-4,9-13,15,17-18,30H,5-8,14,16H2,1-2H3/b9-4-. The number of piperidine rings is 1. The second kappa shape index (κ2) is 10.5. The number of nitrogens with zero attached hydrogens (tertiary/aromatic N) is 6. The van der Waals surface area contributed by atoms with Crippen LogP contribution in [0, 0.1) is 0 Å². The third kappa shape index (κ3) is 5.27. The van der Waals surface area contributed by atoms with Gasteiger partial charge in [-0.3, -0.25) is 9.59 Å². The second-order valence-electron chi connectivity index (χ2n) is 9.80. The Kier molecular flexibility index (Phi) is 7.18. The molecule has 1 aliphatic heterocycles. The van der Waals surface area contributed by atoms with Crippen LogP contribution in [0.4, 0.5) is 4.39 Å². The van der Waals surface area contributed by atoms with Gasteiger partial charge in [0.2, 0.25) is 12.3 Å². The van der Waals surface area contributed by atoms with Crippen molar-refractivity contribution < 1.29 is 14.0 Å². The highest BCUT2D eigenvalue weighted by Gasteiger charge is 2.32. The van der Waals surface area contributed by atoms with Crippen LogP contribution in [0.3, 0.4) is 0 Å². The van der Waals surface area contributed by atoms with Gasteiger partial charge in [0.05, 0.1) is 23.3 Å². The first-order valence-electron chi connectivity index (χ1n) is 12.4. The fraction of sp³-hybridized carbons (Fsp3) is 0.333. The number of amides is 2. The lowest BCUT2D eigenvalue weighted by molar-refractivity contribution is -0.125. The van der Waals surface area contributed by atoms with Gasteiger partial charge in [0.15, 0.2) is 0 Å². The van der Waals surface area contributed by atoms with Crippen molar-refractivity contribution in [2.45, 2.75) is 31.6 Å². The summed E-state index contributed by atoms with van der Waals surface area (Å²) in [5.41, 5.74) is 2.63. The summed E-state index contributed by atoms with van der Waals surface area (Å²) >= 11 is 6.51. The van der Waals surface area contributed by atoms with Crippen LogP contribution in [-0.4, -0.2) is 74.1 Å². The molecular weight excluding hydrogens is 509 g/mol. The molecule has 1 aromatic carbocycles. The van der Waals surface area contributed by atoms with Crippen molar-refractivity contribution >= 4 is 40.3 Å². The monoisotopic (exact) mass is 537 g/mol. The van der Waals surface area contributed by atoms with Crippen molar-refractivity contribution in [2.75, 3.05) is 27.2 Å². The van der Waals surface area contributed by atoms with Gasteiger partial charge in [-0.25, -0.2) is 13.9 Å². The number of alkyl halides is 1. The number of carbonyl (C=O) groups excluding carboxylic acids is 2. The number of nitrogens with one attached hydrogen (secondary N) is 1. The van der Waals surface area contributed by atoms with Crippen molar-refractivity contribution in [2.24, 2.45) is 0 Å². The molecular formula is C27H29ClFN7O2. The van der Waals surface area contributed by atoms with Crippen LogP contribution >= 0.6 is 11.6 Å². The van der Waals surface area contributed by atoms with E-state index in [9.17, 15) is 9.59 Å². The third-order valence-electron chi connectivity index (χ3n) is 6.91. The van der Waals surface area contributed by atoms with Crippen LogP contribution in [0.1, 0.15) is 18.4 Å². The Morgan fingerprint density at radius 2 is 2.05 bits per heavy atom. The van der Waals surface area contributed by atoms with E-state index in [4.69, 9.17) is 11.6 Å². The van der Waals surface area contributed by atoms with Crippen LogP contribution in [0.15, 0.2) is 55.3 Å². The van der Waals surface area contributed by atoms with Crippen molar-refractivity contribution in [1.29, 1.82) is 0 Å². The molecule has 0 bridgehead atoms. The lowest BCUT2D eigenvalue weighted by Gasteiger charge is -2.30. The van der Waals surface area contributed by atoms with Crippen LogP contribution in [0.2, 0.25) is 5.02 Å². The third-order valence-corrected chi connectivity index (χ3v) is 7.13. The normalized spacial score (nSPS) is 15.4. The largest absolute Gasteiger partial charge is 0.344 e. The molecule has 5 rings (SSSR count). The van der Waals surface area contributed by atoms with E-state index >= 15 is 4.39 Å². The van der Waals surface area contributed by atoms with Crippen molar-refractivity contribution in [3.8, 4) is 11.3 Å². The van der Waals surface area contributed by atoms with Crippen molar-refractivity contribution in [1.82, 2.24) is 34.3 Å². The summed E-state index contributed by atoms with van der Waals surface area (Å²) in [4.78, 5) is 30.6. The molecule has 4 heterocycles. The van der Waals surface area contributed by atoms with Gasteiger partial charge in [-0.1, -0.05) is 11.6 Å². The van der Waals surface area contributed by atoms with E-state index in [0.29, 0.717) is 49.6 Å². The number of carbonyl (C=O) groups is 2. The van der Waals surface area contributed by atoms with Crippen LogP contribution < -0.4 is 5.32 Å². The number of aromatic nitrogens is 4. The number of hydrogen-bond acceptors (Lipinski definition) is 5. The minimum absolute atomic E-state index is 0.243. The van der Waals surface area contributed by atoms with E-state index in [2.05, 4.69) is 15.4 Å². The Bertz CT molecular complexity index is 1520. The van der Waals surface area contributed by atoms with Gasteiger partial charge >= 0.3 is 0 Å². The smallest absolute Gasteiger partial charge is 0.248 e. The Labute approximate surface area is 224 Å². The summed E-state index contributed by atoms with van der Waals surface area (Å²) in [5.74, 6) is -0.243. The highest BCUT2D eigenvalue weighted by atomic mass is 35.5. The number of benzene rings is 1. The molecule has 0 atom stereocenters. The maximum Gasteiger partial charge on any atom is 0.248 e. The highest BCUT2D eigenvalue weighted by molar-refractivity contribution is 6.32. The first kappa shape index (κ1) is 25.9. The fourth-order valence-corrected chi connectivity index (χ4v) is 5.16. The summed E-state index contributed by atoms with van der Waals surface area (Å²) in [5, 5.41) is 9.06. The zero-order valence-electron chi connectivity index (χ0n) is 21.3. The predicted molar refractivity (Wildman–Crippen MR) is 144 cm³/mol. The first-order chi connectivity index (χ1) is 18.3. The molecule has 38 heavy (non-hydrogen) atoms. The first-order valence-corrected chi connectivity index (χ1v) is 12.8. The SMILES string of the molecule is CN(C=O)/C=C\C(=O)N(C)Cc1cc2c(-c3cc(Cl)cc4ccn(CC5(F)CCNCC5)c34)ncnn2c1. The predicted octanol–water partition coefficient (Wildman–Crippen LogP) is 3.66. The van der Waals surface area contributed by atoms with Gasteiger partial charge in [-0.15, -0.1) is 0 Å². The van der Waals surface area contributed by atoms with Gasteiger partial charge < -0.3 is 19.7 Å². The molecule has 1 N–H and O–H groups in total. The van der Waals surface area contributed by atoms with Gasteiger partial charge in [0.1, 0.15) is 12.0 Å². The zero-order chi connectivity index (χ0) is 26.9. The highest BCUT2D eigenvalue weighted by Crippen LogP contribution is 2.36. The maximum atomic E-state index is 15.7. The minimum Gasteiger partial charge on any atom is -0.344 e. The summed E-state index contributed by atoms with van der Waals surface area (Å²) in [7, 11) is 3.24. The Balaban J connectivity index is 1.51.